The van der Waals surface area contributed by atoms with Crippen molar-refractivity contribution in [1.82, 2.24) is 9.78 Å². The molecule has 0 radical (unpaired) electrons. The molecule has 1 aliphatic heterocycles. The molecule has 6 nitrogen and oxygen atoms in total. The van der Waals surface area contributed by atoms with Gasteiger partial charge in [-0.1, -0.05) is 24.3 Å². The molecule has 0 bridgehead atoms. The lowest BCUT2D eigenvalue weighted by Crippen LogP contribution is -2.25. The fourth-order valence-corrected chi connectivity index (χ4v) is 4.61. The molecule has 0 unspecified atom stereocenters. The van der Waals surface area contributed by atoms with Crippen LogP contribution >= 0.6 is 11.3 Å². The number of carbonyl (C=O) groups is 2. The smallest absolute Gasteiger partial charge is 0.248 e. The van der Waals surface area contributed by atoms with Gasteiger partial charge in [0.05, 0.1) is 16.3 Å². The Morgan fingerprint density at radius 3 is 2.71 bits per heavy atom. The van der Waals surface area contributed by atoms with E-state index in [1.807, 2.05) is 54.0 Å². The van der Waals surface area contributed by atoms with Gasteiger partial charge in [-0.05, 0) is 54.3 Å². The molecule has 0 aliphatic carbocycles. The van der Waals surface area contributed by atoms with Crippen LogP contribution in [0.4, 0.5) is 15.8 Å². The summed E-state index contributed by atoms with van der Waals surface area (Å²) in [4.78, 5) is 27.1. The number of aromatic nitrogens is 2. The van der Waals surface area contributed by atoms with Crippen molar-refractivity contribution in [3.63, 3.8) is 0 Å². The number of thiophene rings is 1. The largest absolute Gasteiger partial charge is 0.322 e. The van der Waals surface area contributed by atoms with Crippen molar-refractivity contribution in [3.8, 4) is 16.3 Å². The average Bonchev–Trinajstić information content (AvgIpc) is 3.60. The Morgan fingerprint density at radius 1 is 1.12 bits per heavy atom. The molecule has 1 fully saturated rings. The number of hydrogen-bond acceptors (Lipinski definition) is 4. The van der Waals surface area contributed by atoms with Crippen LogP contribution in [0.15, 0.2) is 78.3 Å². The van der Waals surface area contributed by atoms with E-state index in [1.54, 1.807) is 22.1 Å². The van der Waals surface area contributed by atoms with Gasteiger partial charge < -0.3 is 10.2 Å². The minimum atomic E-state index is -0.488. The lowest BCUT2D eigenvalue weighted by molar-refractivity contribution is -0.117. The third-order valence-corrected chi connectivity index (χ3v) is 6.39. The number of nitrogens with one attached hydrogen (secondary N) is 1. The fraction of sp³-hybridized carbons (Fsp3) is 0.115. The summed E-state index contributed by atoms with van der Waals surface area (Å²) in [6.07, 6.45) is 6.12. The summed E-state index contributed by atoms with van der Waals surface area (Å²) in [5.74, 6) is -0.966. The Hall–Kier alpha value is -4.04. The van der Waals surface area contributed by atoms with E-state index in [0.717, 1.165) is 21.8 Å². The lowest BCUT2D eigenvalue weighted by atomic mass is 10.2. The second-order valence-corrected chi connectivity index (χ2v) is 8.78. The van der Waals surface area contributed by atoms with Crippen molar-refractivity contribution in [2.24, 2.45) is 0 Å². The molecule has 2 aromatic carbocycles. The normalized spacial score (nSPS) is 13.7. The van der Waals surface area contributed by atoms with Gasteiger partial charge in [-0.15, -0.1) is 11.3 Å². The second kappa shape index (κ2) is 9.44. The molecule has 5 rings (SSSR count). The van der Waals surface area contributed by atoms with Gasteiger partial charge in [-0.2, -0.15) is 5.10 Å². The Kier molecular flexibility index (Phi) is 6.05. The van der Waals surface area contributed by atoms with Gasteiger partial charge in [0.15, 0.2) is 0 Å². The predicted octanol–water partition coefficient (Wildman–Crippen LogP) is 5.52. The van der Waals surface area contributed by atoms with E-state index in [2.05, 4.69) is 5.32 Å². The molecule has 2 aromatic heterocycles. The van der Waals surface area contributed by atoms with Crippen LogP contribution in [-0.4, -0.2) is 28.1 Å². The van der Waals surface area contributed by atoms with Crippen LogP contribution in [0.3, 0.4) is 0 Å². The van der Waals surface area contributed by atoms with E-state index in [-0.39, 0.29) is 17.5 Å². The van der Waals surface area contributed by atoms with Crippen LogP contribution < -0.4 is 10.2 Å². The van der Waals surface area contributed by atoms with Crippen LogP contribution in [0.5, 0.6) is 0 Å². The van der Waals surface area contributed by atoms with Crippen molar-refractivity contribution >= 4 is 40.6 Å². The van der Waals surface area contributed by atoms with Crippen LogP contribution in [0.25, 0.3) is 22.3 Å². The number of carbonyl (C=O) groups excluding carboxylic acids is 2. The third-order valence-electron chi connectivity index (χ3n) is 5.51. The molecule has 8 heteroatoms. The summed E-state index contributed by atoms with van der Waals surface area (Å²) in [7, 11) is 0. The second-order valence-electron chi connectivity index (χ2n) is 7.83. The van der Waals surface area contributed by atoms with Crippen molar-refractivity contribution in [2.75, 3.05) is 16.8 Å². The maximum atomic E-state index is 14.3. The third kappa shape index (κ3) is 4.53. The minimum Gasteiger partial charge on any atom is -0.322 e. The van der Waals surface area contributed by atoms with Crippen molar-refractivity contribution in [2.45, 2.75) is 12.8 Å². The summed E-state index contributed by atoms with van der Waals surface area (Å²) < 4.78 is 16.1. The SMILES string of the molecule is O=C(/C=C/c1cn(-c2ccccc2)nc1-c1cccs1)Nc1ccc(F)c(N2CCCC2=O)c1. The van der Waals surface area contributed by atoms with E-state index in [0.29, 0.717) is 25.1 Å². The zero-order valence-electron chi connectivity index (χ0n) is 18.1. The first-order valence-electron chi connectivity index (χ1n) is 10.9. The fourth-order valence-electron chi connectivity index (χ4n) is 3.88. The molecule has 1 N–H and O–H groups in total. The molecule has 0 atom stereocenters. The molecule has 3 heterocycles. The van der Waals surface area contributed by atoms with E-state index in [9.17, 15) is 14.0 Å². The monoisotopic (exact) mass is 472 g/mol. The molecule has 34 heavy (non-hydrogen) atoms. The molecule has 1 saturated heterocycles. The van der Waals surface area contributed by atoms with Gasteiger partial charge in [0.1, 0.15) is 11.5 Å². The molecule has 2 amide bonds. The maximum absolute atomic E-state index is 14.3. The standard InChI is InChI=1S/C26H21FN4O2S/c27-21-12-11-19(16-22(21)30-14-4-9-25(30)33)28-24(32)13-10-18-17-31(20-6-2-1-3-7-20)29-26(18)23-8-5-15-34-23/h1-3,5-8,10-13,15-17H,4,9,14H2,(H,28,32)/b13-10+. The van der Waals surface area contributed by atoms with Gasteiger partial charge in [0.2, 0.25) is 11.8 Å². The van der Waals surface area contributed by atoms with Gasteiger partial charge >= 0.3 is 0 Å². The van der Waals surface area contributed by atoms with Crippen LogP contribution in [0.2, 0.25) is 0 Å². The number of amides is 2. The highest BCUT2D eigenvalue weighted by molar-refractivity contribution is 7.13. The summed E-state index contributed by atoms with van der Waals surface area (Å²) in [5, 5.41) is 9.46. The molecular weight excluding hydrogens is 451 g/mol. The zero-order chi connectivity index (χ0) is 23.5. The summed E-state index contributed by atoms with van der Waals surface area (Å²) in [6.45, 7) is 0.476. The lowest BCUT2D eigenvalue weighted by Gasteiger charge is -2.17. The molecule has 0 spiro atoms. The van der Waals surface area contributed by atoms with Gasteiger partial charge in [0.25, 0.3) is 0 Å². The maximum Gasteiger partial charge on any atom is 0.248 e. The minimum absolute atomic E-state index is 0.112. The first-order chi connectivity index (χ1) is 16.6. The summed E-state index contributed by atoms with van der Waals surface area (Å²) in [6, 6.07) is 17.9. The first kappa shape index (κ1) is 21.8. The Bertz CT molecular complexity index is 1360. The highest BCUT2D eigenvalue weighted by Gasteiger charge is 2.24. The van der Waals surface area contributed by atoms with Crippen molar-refractivity contribution in [3.05, 3.63) is 89.7 Å². The zero-order valence-corrected chi connectivity index (χ0v) is 19.0. The Morgan fingerprint density at radius 2 is 1.97 bits per heavy atom. The highest BCUT2D eigenvalue weighted by atomic mass is 32.1. The predicted molar refractivity (Wildman–Crippen MR) is 133 cm³/mol. The van der Waals surface area contributed by atoms with Gasteiger partial charge in [0, 0.05) is 36.5 Å². The molecule has 1 aliphatic rings. The van der Waals surface area contributed by atoms with Crippen LogP contribution in [-0.2, 0) is 9.59 Å². The number of para-hydroxylation sites is 1. The van der Waals surface area contributed by atoms with E-state index in [1.165, 1.54) is 29.2 Å². The topological polar surface area (TPSA) is 67.2 Å². The summed E-state index contributed by atoms with van der Waals surface area (Å²) >= 11 is 1.57. The molecular formula is C26H21FN4O2S. The van der Waals surface area contributed by atoms with E-state index >= 15 is 0 Å². The van der Waals surface area contributed by atoms with Crippen molar-refractivity contribution < 1.29 is 14.0 Å². The Labute approximate surface area is 200 Å². The van der Waals surface area contributed by atoms with Gasteiger partial charge in [-0.25, -0.2) is 9.07 Å². The number of halogens is 1. The number of rotatable bonds is 6. The van der Waals surface area contributed by atoms with Crippen LogP contribution in [0.1, 0.15) is 18.4 Å². The highest BCUT2D eigenvalue weighted by Crippen LogP contribution is 2.29. The van der Waals surface area contributed by atoms with Crippen LogP contribution in [0, 0.1) is 5.82 Å². The number of hydrogen-bond donors (Lipinski definition) is 1. The van der Waals surface area contributed by atoms with Gasteiger partial charge in [-0.3, -0.25) is 9.59 Å². The average molecular weight is 473 g/mol. The van der Waals surface area contributed by atoms with E-state index < -0.39 is 5.82 Å². The van der Waals surface area contributed by atoms with Crippen molar-refractivity contribution in [1.29, 1.82) is 0 Å². The number of benzene rings is 2. The quantitative estimate of drug-likeness (QED) is 0.376. The van der Waals surface area contributed by atoms with E-state index in [4.69, 9.17) is 5.10 Å². The summed E-state index contributed by atoms with van der Waals surface area (Å²) in [5.41, 5.74) is 3.10. The molecule has 4 aromatic rings. The number of nitrogens with zero attached hydrogens (tertiary/aromatic N) is 3. The first-order valence-corrected chi connectivity index (χ1v) is 11.7. The molecule has 170 valence electrons. The number of anilines is 2. The Balaban J connectivity index is 1.38. The molecule has 0 saturated carbocycles.